The zero-order chi connectivity index (χ0) is 17.9. The summed E-state index contributed by atoms with van der Waals surface area (Å²) >= 11 is 0. The minimum Gasteiger partial charge on any atom is -0.467 e. The van der Waals surface area contributed by atoms with Crippen LogP contribution in [0.3, 0.4) is 0 Å². The highest BCUT2D eigenvalue weighted by molar-refractivity contribution is 5.96. The average molecular weight is 350 g/mol. The lowest BCUT2D eigenvalue weighted by Crippen LogP contribution is -2.26. The van der Waals surface area contributed by atoms with Gasteiger partial charge in [-0.3, -0.25) is 4.79 Å². The first-order chi connectivity index (χ1) is 11.9. The highest BCUT2D eigenvalue weighted by Gasteiger charge is 2.29. The van der Waals surface area contributed by atoms with Crippen LogP contribution in [0.1, 0.15) is 16.2 Å². The number of rotatable bonds is 5. The summed E-state index contributed by atoms with van der Waals surface area (Å²) in [5.41, 5.74) is 1.49. The number of carbonyl (C=O) groups is 1. The van der Waals surface area contributed by atoms with Gasteiger partial charge in [0.1, 0.15) is 11.4 Å². The summed E-state index contributed by atoms with van der Waals surface area (Å²) in [6.45, 7) is -1.44. The number of pyridine rings is 1. The van der Waals surface area contributed by atoms with Crippen molar-refractivity contribution in [2.24, 2.45) is 0 Å². The second-order valence-electron chi connectivity index (χ2n) is 5.14. The van der Waals surface area contributed by atoms with Gasteiger partial charge in [0.2, 0.25) is 5.88 Å². The maximum absolute atomic E-state index is 12.3. The molecule has 2 N–H and O–H groups in total. The van der Waals surface area contributed by atoms with Crippen LogP contribution in [0, 0.1) is 0 Å². The van der Waals surface area contributed by atoms with Crippen LogP contribution in [-0.2, 0) is 6.54 Å². The van der Waals surface area contributed by atoms with Crippen molar-refractivity contribution in [1.29, 1.82) is 0 Å². The molecule has 0 radical (unpaired) electrons. The van der Waals surface area contributed by atoms with E-state index in [1.165, 1.54) is 18.3 Å². The molecule has 3 aromatic rings. The zero-order valence-corrected chi connectivity index (χ0v) is 12.8. The van der Waals surface area contributed by atoms with Crippen LogP contribution in [-0.4, -0.2) is 33.6 Å². The molecule has 9 heteroatoms. The Morgan fingerprint density at radius 2 is 2.00 bits per heavy atom. The predicted octanol–water partition coefficient (Wildman–Crippen LogP) is 2.83. The number of fused-ring (bicyclic) bond motifs is 1. The number of nitrogens with one attached hydrogen (secondary N) is 2. The van der Waals surface area contributed by atoms with Crippen molar-refractivity contribution in [3.63, 3.8) is 0 Å². The number of ether oxygens (including phenoxy) is 1. The van der Waals surface area contributed by atoms with Crippen molar-refractivity contribution in [3.05, 3.63) is 54.0 Å². The van der Waals surface area contributed by atoms with Crippen molar-refractivity contribution < 1.29 is 22.7 Å². The van der Waals surface area contributed by atoms with Crippen LogP contribution >= 0.6 is 0 Å². The predicted molar refractivity (Wildman–Crippen MR) is 83.1 cm³/mol. The van der Waals surface area contributed by atoms with Gasteiger partial charge in [-0.25, -0.2) is 9.97 Å². The Morgan fingerprint density at radius 1 is 1.20 bits per heavy atom. The van der Waals surface area contributed by atoms with E-state index in [-0.39, 0.29) is 18.0 Å². The van der Waals surface area contributed by atoms with E-state index in [1.54, 1.807) is 0 Å². The molecule has 1 aromatic carbocycles. The topological polar surface area (TPSA) is 79.9 Å². The molecule has 130 valence electrons. The van der Waals surface area contributed by atoms with Crippen LogP contribution in [0.2, 0.25) is 0 Å². The number of alkyl halides is 3. The highest BCUT2D eigenvalue weighted by Crippen LogP contribution is 2.20. The molecule has 2 aromatic heterocycles. The van der Waals surface area contributed by atoms with Gasteiger partial charge in [0.15, 0.2) is 6.61 Å². The molecule has 0 saturated carbocycles. The summed E-state index contributed by atoms with van der Waals surface area (Å²) in [6.07, 6.45) is -3.26. The number of aromatic amines is 1. The SMILES string of the molecule is O=C(NCc1nc2ccccc2[nH]1)c1cccnc1OCC(F)(F)F. The molecular weight excluding hydrogens is 337 g/mol. The molecule has 0 aliphatic heterocycles. The lowest BCUT2D eigenvalue weighted by Gasteiger charge is -2.11. The second-order valence-corrected chi connectivity index (χ2v) is 5.14. The van der Waals surface area contributed by atoms with Gasteiger partial charge in [-0.15, -0.1) is 0 Å². The first-order valence-electron chi connectivity index (χ1n) is 7.29. The van der Waals surface area contributed by atoms with E-state index in [0.717, 1.165) is 11.0 Å². The van der Waals surface area contributed by atoms with E-state index in [9.17, 15) is 18.0 Å². The Kier molecular flexibility index (Phi) is 4.55. The van der Waals surface area contributed by atoms with Gasteiger partial charge in [-0.2, -0.15) is 13.2 Å². The molecule has 25 heavy (non-hydrogen) atoms. The van der Waals surface area contributed by atoms with Gasteiger partial charge in [-0.05, 0) is 24.3 Å². The zero-order valence-electron chi connectivity index (χ0n) is 12.8. The minimum absolute atomic E-state index is 0.0807. The number of benzene rings is 1. The summed E-state index contributed by atoms with van der Waals surface area (Å²) in [5, 5.41) is 2.58. The lowest BCUT2D eigenvalue weighted by molar-refractivity contribution is -0.154. The molecule has 1 amide bonds. The maximum atomic E-state index is 12.3. The third-order valence-corrected chi connectivity index (χ3v) is 3.24. The number of aromatic nitrogens is 3. The summed E-state index contributed by atoms with van der Waals surface area (Å²) in [7, 11) is 0. The van der Waals surface area contributed by atoms with Crippen LogP contribution in [0.15, 0.2) is 42.6 Å². The molecule has 0 aliphatic carbocycles. The van der Waals surface area contributed by atoms with Gasteiger partial charge in [0.05, 0.1) is 17.6 Å². The molecule has 0 aliphatic rings. The summed E-state index contributed by atoms with van der Waals surface area (Å²) in [4.78, 5) is 23.3. The molecule has 0 spiro atoms. The standard InChI is InChI=1S/C16H13F3N4O2/c17-16(18,19)9-25-15-10(4-3-7-20-15)14(24)21-8-13-22-11-5-1-2-6-12(11)23-13/h1-7H,8-9H2,(H,21,24)(H,22,23). The minimum atomic E-state index is -4.51. The van der Waals surface area contributed by atoms with E-state index >= 15 is 0 Å². The number of imidazole rings is 1. The van der Waals surface area contributed by atoms with E-state index in [4.69, 9.17) is 0 Å². The monoisotopic (exact) mass is 350 g/mol. The maximum Gasteiger partial charge on any atom is 0.422 e. The second kappa shape index (κ2) is 6.80. The lowest BCUT2D eigenvalue weighted by atomic mass is 10.2. The Hall–Kier alpha value is -3.10. The van der Waals surface area contributed by atoms with E-state index in [2.05, 4.69) is 25.0 Å². The number of hydrogen-bond acceptors (Lipinski definition) is 4. The molecule has 0 saturated heterocycles. The van der Waals surface area contributed by atoms with Crippen molar-refractivity contribution in [1.82, 2.24) is 20.3 Å². The third-order valence-electron chi connectivity index (χ3n) is 3.24. The smallest absolute Gasteiger partial charge is 0.422 e. The first kappa shape index (κ1) is 16.7. The number of H-pyrrole nitrogens is 1. The number of amides is 1. The molecular formula is C16H13F3N4O2. The Balaban J connectivity index is 1.68. The fraction of sp³-hybridized carbons (Fsp3) is 0.188. The highest BCUT2D eigenvalue weighted by atomic mass is 19.4. The van der Waals surface area contributed by atoms with Gasteiger partial charge in [-0.1, -0.05) is 12.1 Å². The van der Waals surface area contributed by atoms with Gasteiger partial charge >= 0.3 is 6.18 Å². The van der Waals surface area contributed by atoms with Crippen LogP contribution < -0.4 is 10.1 Å². The average Bonchev–Trinajstić information content (AvgIpc) is 3.00. The van der Waals surface area contributed by atoms with Gasteiger partial charge < -0.3 is 15.0 Å². The third kappa shape index (κ3) is 4.25. The van der Waals surface area contributed by atoms with E-state index in [0.29, 0.717) is 5.82 Å². The van der Waals surface area contributed by atoms with Crippen molar-refractivity contribution in [2.75, 3.05) is 6.61 Å². The van der Waals surface area contributed by atoms with Crippen molar-refractivity contribution in [2.45, 2.75) is 12.7 Å². The fourth-order valence-corrected chi connectivity index (χ4v) is 2.18. The molecule has 0 fully saturated rings. The summed E-state index contributed by atoms with van der Waals surface area (Å²) < 4.78 is 41.4. The number of nitrogens with zero attached hydrogens (tertiary/aromatic N) is 2. The number of hydrogen-bond donors (Lipinski definition) is 2. The van der Waals surface area contributed by atoms with Crippen LogP contribution in [0.4, 0.5) is 13.2 Å². The molecule has 0 bridgehead atoms. The Bertz CT molecular complexity index is 859. The molecule has 3 rings (SSSR count). The van der Waals surface area contributed by atoms with Crippen molar-refractivity contribution >= 4 is 16.9 Å². The Labute approximate surface area is 140 Å². The quantitative estimate of drug-likeness (QED) is 0.742. The van der Waals surface area contributed by atoms with Gasteiger partial charge in [0, 0.05) is 6.20 Å². The number of carbonyl (C=O) groups excluding carboxylic acids is 1. The summed E-state index contributed by atoms with van der Waals surface area (Å²) in [5.74, 6) is -0.455. The van der Waals surface area contributed by atoms with Crippen LogP contribution in [0.5, 0.6) is 5.88 Å². The molecule has 0 atom stereocenters. The largest absolute Gasteiger partial charge is 0.467 e. The van der Waals surface area contributed by atoms with Crippen LogP contribution in [0.25, 0.3) is 11.0 Å². The normalized spacial score (nSPS) is 11.5. The number of halogens is 3. The number of para-hydroxylation sites is 2. The van der Waals surface area contributed by atoms with E-state index in [1.807, 2.05) is 24.3 Å². The molecule has 6 nitrogen and oxygen atoms in total. The first-order valence-corrected chi connectivity index (χ1v) is 7.29. The Morgan fingerprint density at radius 3 is 2.76 bits per heavy atom. The van der Waals surface area contributed by atoms with Gasteiger partial charge in [0.25, 0.3) is 5.91 Å². The van der Waals surface area contributed by atoms with Crippen molar-refractivity contribution in [3.8, 4) is 5.88 Å². The van der Waals surface area contributed by atoms with E-state index < -0.39 is 18.7 Å². The molecule has 0 unspecified atom stereocenters. The fourth-order valence-electron chi connectivity index (χ4n) is 2.18. The molecule has 2 heterocycles. The summed E-state index contributed by atoms with van der Waals surface area (Å²) in [6, 6.07) is 10.1.